The van der Waals surface area contributed by atoms with Gasteiger partial charge in [0.05, 0.1) is 18.8 Å². The van der Waals surface area contributed by atoms with E-state index in [4.69, 9.17) is 16.6 Å². The highest BCUT2D eigenvalue weighted by Crippen LogP contribution is 2.00. The average Bonchev–Trinajstić information content (AvgIpc) is 2.98. The Hall–Kier alpha value is -2.95. The Morgan fingerprint density at radius 3 is 2.46 bits per heavy atom. The highest BCUT2D eigenvalue weighted by atomic mass is 16.4. The molecule has 132 valence electrons. The van der Waals surface area contributed by atoms with Crippen LogP contribution in [0.4, 0.5) is 0 Å². The van der Waals surface area contributed by atoms with Crippen LogP contribution in [0.5, 0.6) is 0 Å². The molecule has 0 fully saturated rings. The van der Waals surface area contributed by atoms with Gasteiger partial charge in [-0.2, -0.15) is 0 Å². The van der Waals surface area contributed by atoms with Crippen molar-refractivity contribution in [2.45, 2.75) is 37.9 Å². The molecule has 1 aromatic heterocycles. The molecule has 11 heteroatoms. The minimum atomic E-state index is -1.23. The van der Waals surface area contributed by atoms with Gasteiger partial charge in [-0.1, -0.05) is 0 Å². The number of aromatic nitrogens is 2. The van der Waals surface area contributed by atoms with Gasteiger partial charge in [-0.25, -0.2) is 9.78 Å². The molecule has 0 radical (unpaired) electrons. The summed E-state index contributed by atoms with van der Waals surface area (Å²) in [5.74, 6) is -3.43. The number of carboxylic acid groups (broad SMARTS) is 1. The number of imidazole rings is 1. The number of nitrogens with one attached hydrogen (secondary N) is 3. The second-order valence-electron chi connectivity index (χ2n) is 5.19. The number of nitrogens with two attached hydrogens (primary N) is 2. The van der Waals surface area contributed by atoms with E-state index < -0.39 is 41.8 Å². The molecule has 11 nitrogen and oxygen atoms in total. The van der Waals surface area contributed by atoms with Crippen LogP contribution in [0.15, 0.2) is 12.5 Å². The van der Waals surface area contributed by atoms with Crippen LogP contribution in [-0.2, 0) is 25.6 Å². The molecule has 0 saturated carbocycles. The van der Waals surface area contributed by atoms with Crippen molar-refractivity contribution in [3.63, 3.8) is 0 Å². The normalized spacial score (nSPS) is 14.2. The first-order valence-electron chi connectivity index (χ1n) is 7.05. The van der Waals surface area contributed by atoms with Crippen molar-refractivity contribution in [2.75, 3.05) is 0 Å². The number of aromatic amines is 1. The lowest BCUT2D eigenvalue weighted by Gasteiger charge is -2.19. The first-order valence-corrected chi connectivity index (χ1v) is 7.05. The number of carbonyl (C=O) groups excluding carboxylic acids is 3. The molecule has 1 aromatic rings. The Labute approximate surface area is 137 Å². The summed E-state index contributed by atoms with van der Waals surface area (Å²) < 4.78 is 0. The van der Waals surface area contributed by atoms with Crippen molar-refractivity contribution in [2.24, 2.45) is 11.5 Å². The summed E-state index contributed by atoms with van der Waals surface area (Å²) >= 11 is 0. The fourth-order valence-corrected chi connectivity index (χ4v) is 1.81. The molecule has 0 aromatic carbocycles. The Balaban J connectivity index is 2.58. The van der Waals surface area contributed by atoms with Gasteiger partial charge in [-0.3, -0.25) is 14.4 Å². The van der Waals surface area contributed by atoms with E-state index in [1.54, 1.807) is 0 Å². The van der Waals surface area contributed by atoms with Crippen molar-refractivity contribution >= 4 is 23.7 Å². The van der Waals surface area contributed by atoms with E-state index in [2.05, 4.69) is 20.6 Å². The van der Waals surface area contributed by atoms with Gasteiger partial charge in [0.2, 0.25) is 17.7 Å². The van der Waals surface area contributed by atoms with Gasteiger partial charge in [0.15, 0.2) is 0 Å². The maximum Gasteiger partial charge on any atom is 0.326 e. The number of amides is 3. The lowest BCUT2D eigenvalue weighted by molar-refractivity contribution is -0.142. The molecular weight excluding hydrogens is 320 g/mol. The Kier molecular flexibility index (Phi) is 6.86. The molecule has 3 atom stereocenters. The summed E-state index contributed by atoms with van der Waals surface area (Å²) in [4.78, 5) is 52.2. The van der Waals surface area contributed by atoms with Gasteiger partial charge in [-0.15, -0.1) is 0 Å². The van der Waals surface area contributed by atoms with Gasteiger partial charge < -0.3 is 32.2 Å². The average molecular weight is 340 g/mol. The lowest BCUT2D eigenvalue weighted by atomic mass is 10.1. The summed E-state index contributed by atoms with van der Waals surface area (Å²) in [6.45, 7) is 1.36. The number of primary amides is 1. The summed E-state index contributed by atoms with van der Waals surface area (Å²) in [5, 5.41) is 13.8. The molecule has 0 aliphatic carbocycles. The Morgan fingerprint density at radius 1 is 1.29 bits per heavy atom. The number of hydrogen-bond acceptors (Lipinski definition) is 6. The van der Waals surface area contributed by atoms with E-state index in [1.165, 1.54) is 19.4 Å². The number of nitrogens with zero attached hydrogens (tertiary/aromatic N) is 1. The third-order valence-electron chi connectivity index (χ3n) is 3.10. The van der Waals surface area contributed by atoms with Crippen molar-refractivity contribution in [3.05, 3.63) is 18.2 Å². The quantitative estimate of drug-likeness (QED) is 0.280. The summed E-state index contributed by atoms with van der Waals surface area (Å²) in [7, 11) is 0. The van der Waals surface area contributed by atoms with Gasteiger partial charge in [-0.05, 0) is 6.92 Å². The first kappa shape index (κ1) is 19.1. The van der Waals surface area contributed by atoms with Crippen LogP contribution < -0.4 is 22.1 Å². The van der Waals surface area contributed by atoms with Crippen molar-refractivity contribution in [3.8, 4) is 0 Å². The van der Waals surface area contributed by atoms with E-state index in [-0.39, 0.29) is 12.8 Å². The van der Waals surface area contributed by atoms with Gasteiger partial charge in [0.25, 0.3) is 0 Å². The van der Waals surface area contributed by atoms with E-state index in [9.17, 15) is 19.2 Å². The zero-order valence-electron chi connectivity index (χ0n) is 13.0. The maximum atomic E-state index is 12.0. The van der Waals surface area contributed by atoms with Crippen molar-refractivity contribution in [1.82, 2.24) is 20.6 Å². The van der Waals surface area contributed by atoms with Crippen molar-refractivity contribution in [1.29, 1.82) is 0 Å². The third kappa shape index (κ3) is 6.04. The number of aliphatic carboxylic acids is 1. The Morgan fingerprint density at radius 2 is 1.96 bits per heavy atom. The molecule has 0 saturated heterocycles. The highest BCUT2D eigenvalue weighted by Gasteiger charge is 2.26. The minimum Gasteiger partial charge on any atom is -0.480 e. The van der Waals surface area contributed by atoms with Crippen LogP contribution in [0, 0.1) is 0 Å². The molecule has 0 unspecified atom stereocenters. The topological polar surface area (TPSA) is 193 Å². The fraction of sp³-hybridized carbons (Fsp3) is 0.462. The van der Waals surface area contributed by atoms with E-state index in [0.29, 0.717) is 5.69 Å². The molecule has 1 heterocycles. The van der Waals surface area contributed by atoms with Crippen LogP contribution in [0.3, 0.4) is 0 Å². The number of carboxylic acids is 1. The van der Waals surface area contributed by atoms with Crippen LogP contribution in [0.1, 0.15) is 19.0 Å². The van der Waals surface area contributed by atoms with E-state index >= 15 is 0 Å². The minimum absolute atomic E-state index is 0.00291. The monoisotopic (exact) mass is 340 g/mol. The number of hydrogen-bond donors (Lipinski definition) is 6. The van der Waals surface area contributed by atoms with Crippen LogP contribution in [0.2, 0.25) is 0 Å². The largest absolute Gasteiger partial charge is 0.480 e. The van der Waals surface area contributed by atoms with Crippen LogP contribution in [-0.4, -0.2) is 56.9 Å². The summed E-state index contributed by atoms with van der Waals surface area (Å²) in [6, 6.07) is -3.42. The number of carbonyl (C=O) groups is 4. The zero-order chi connectivity index (χ0) is 18.3. The van der Waals surface area contributed by atoms with Crippen LogP contribution in [0.25, 0.3) is 0 Å². The summed E-state index contributed by atoms with van der Waals surface area (Å²) in [5.41, 5.74) is 10.9. The third-order valence-corrected chi connectivity index (χ3v) is 3.10. The molecule has 0 bridgehead atoms. The molecule has 1 rings (SSSR count). The molecule has 0 spiro atoms. The second kappa shape index (κ2) is 8.62. The molecule has 0 aliphatic heterocycles. The van der Waals surface area contributed by atoms with E-state index in [1.807, 2.05) is 0 Å². The molecule has 3 amide bonds. The molecule has 8 N–H and O–H groups in total. The smallest absolute Gasteiger partial charge is 0.326 e. The lowest BCUT2D eigenvalue weighted by Crippen LogP contribution is -2.54. The molecule has 0 aliphatic rings. The maximum absolute atomic E-state index is 12.0. The second-order valence-corrected chi connectivity index (χ2v) is 5.19. The highest BCUT2D eigenvalue weighted by molar-refractivity contribution is 5.93. The summed E-state index contributed by atoms with van der Waals surface area (Å²) in [6.07, 6.45) is 2.47. The Bertz CT molecular complexity index is 602. The van der Waals surface area contributed by atoms with Gasteiger partial charge in [0.1, 0.15) is 12.1 Å². The first-order chi connectivity index (χ1) is 11.2. The number of H-pyrrole nitrogens is 1. The number of rotatable bonds is 9. The molecular formula is C13H20N6O5. The van der Waals surface area contributed by atoms with Gasteiger partial charge in [0, 0.05) is 18.3 Å². The molecule has 24 heavy (non-hydrogen) atoms. The zero-order valence-corrected chi connectivity index (χ0v) is 13.0. The fourth-order valence-electron chi connectivity index (χ4n) is 1.81. The SMILES string of the molecule is C[C@H](NC(=O)[C@@H](N)CC(N)=O)C(=O)N[C@@H](Cc1cnc[nH]1)C(=O)O. The van der Waals surface area contributed by atoms with Gasteiger partial charge >= 0.3 is 5.97 Å². The van der Waals surface area contributed by atoms with Crippen LogP contribution >= 0.6 is 0 Å². The predicted octanol–water partition coefficient (Wildman–Crippen LogP) is -2.77. The van der Waals surface area contributed by atoms with Crippen molar-refractivity contribution < 1.29 is 24.3 Å². The standard InChI is InChI=1S/C13H20N6O5/c1-6(18-12(22)8(14)3-10(15)20)11(21)19-9(13(23)24)2-7-4-16-5-17-7/h4-6,8-9H,2-3,14H2,1H3,(H2,15,20)(H,16,17)(H,18,22)(H,19,21)(H,23,24)/t6-,8-,9-/m0/s1. The van der Waals surface area contributed by atoms with E-state index in [0.717, 1.165) is 0 Å². The predicted molar refractivity (Wildman–Crippen MR) is 81.2 cm³/mol.